The molecule has 64 heavy (non-hydrogen) atoms. The monoisotopic (exact) mass is 812 g/mol. The molecule has 0 aliphatic heterocycles. The van der Waals surface area contributed by atoms with Crippen LogP contribution in [0.25, 0.3) is 131 Å². The zero-order valence-electron chi connectivity index (χ0n) is 34.6. The minimum absolute atomic E-state index is 1.14. The number of hydrogen-bond donors (Lipinski definition) is 0. The van der Waals surface area contributed by atoms with Gasteiger partial charge in [0, 0.05) is 76.0 Å². The van der Waals surface area contributed by atoms with E-state index in [1.165, 1.54) is 120 Å². The molecular formula is C60H36N4. The second-order valence-corrected chi connectivity index (χ2v) is 17.3. The third kappa shape index (κ3) is 4.36. The number of benzene rings is 10. The zero-order chi connectivity index (χ0) is 41.6. The van der Waals surface area contributed by atoms with Gasteiger partial charge in [-0.3, -0.25) is 0 Å². The Kier molecular flexibility index (Phi) is 6.65. The number of rotatable bonds is 2. The predicted octanol–water partition coefficient (Wildman–Crippen LogP) is 15.9. The molecule has 4 heteroatoms. The van der Waals surface area contributed by atoms with Crippen molar-refractivity contribution in [3.05, 3.63) is 218 Å². The molecule has 0 bridgehead atoms. The fraction of sp³-hybridized carbons (Fsp3) is 0. The summed E-state index contributed by atoms with van der Waals surface area (Å²) >= 11 is 0. The number of nitrogens with zero attached hydrogens (tertiary/aromatic N) is 4. The molecule has 0 saturated carbocycles. The van der Waals surface area contributed by atoms with Crippen molar-refractivity contribution in [2.24, 2.45) is 0 Å². The fourth-order valence-corrected chi connectivity index (χ4v) is 11.5. The molecule has 0 aliphatic rings. The summed E-state index contributed by atoms with van der Waals surface area (Å²) in [5.74, 6) is 0. The van der Waals surface area contributed by atoms with Crippen LogP contribution in [-0.2, 0) is 0 Å². The molecule has 0 radical (unpaired) electrons. The first kappa shape index (κ1) is 34.0. The molecular weight excluding hydrogens is 777 g/mol. The quantitative estimate of drug-likeness (QED) is 0.166. The average molecular weight is 813 g/mol. The lowest BCUT2D eigenvalue weighted by atomic mass is 10.1. The maximum Gasteiger partial charge on any atom is 0.0620 e. The lowest BCUT2D eigenvalue weighted by molar-refractivity contribution is 1.17. The van der Waals surface area contributed by atoms with Crippen LogP contribution in [0.15, 0.2) is 218 Å². The lowest BCUT2D eigenvalue weighted by Gasteiger charge is -2.11. The summed E-state index contributed by atoms with van der Waals surface area (Å²) < 4.78 is 9.93. The van der Waals surface area contributed by atoms with E-state index in [-0.39, 0.29) is 0 Å². The Morgan fingerprint density at radius 3 is 0.844 bits per heavy atom. The maximum absolute atomic E-state index is 2.54. The van der Waals surface area contributed by atoms with Crippen molar-refractivity contribution in [3.8, 4) is 11.4 Å². The van der Waals surface area contributed by atoms with Gasteiger partial charge in [0.15, 0.2) is 0 Å². The van der Waals surface area contributed by atoms with Gasteiger partial charge >= 0.3 is 0 Å². The van der Waals surface area contributed by atoms with E-state index >= 15 is 0 Å². The van der Waals surface area contributed by atoms with E-state index in [4.69, 9.17) is 0 Å². The van der Waals surface area contributed by atoms with E-state index < -0.39 is 0 Å². The van der Waals surface area contributed by atoms with E-state index in [0.29, 0.717) is 0 Å². The first-order chi connectivity index (χ1) is 31.8. The van der Waals surface area contributed by atoms with Gasteiger partial charge in [-0.25, -0.2) is 0 Å². The van der Waals surface area contributed by atoms with Gasteiger partial charge in [0.1, 0.15) is 0 Å². The average Bonchev–Trinajstić information content (AvgIpc) is 4.08. The number of hydrogen-bond acceptors (Lipinski definition) is 0. The Hall–Kier alpha value is -8.60. The molecule has 0 atom stereocenters. The van der Waals surface area contributed by atoms with Gasteiger partial charge in [-0.1, -0.05) is 146 Å². The molecule has 0 fully saturated rings. The largest absolute Gasteiger partial charge is 0.309 e. The molecule has 15 rings (SSSR count). The van der Waals surface area contributed by atoms with Crippen molar-refractivity contribution in [1.29, 1.82) is 0 Å². The van der Waals surface area contributed by atoms with Gasteiger partial charge in [0.05, 0.1) is 55.2 Å². The first-order valence-electron chi connectivity index (χ1n) is 22.1. The second-order valence-electron chi connectivity index (χ2n) is 17.3. The van der Waals surface area contributed by atoms with Crippen LogP contribution in [0, 0.1) is 0 Å². The van der Waals surface area contributed by atoms with E-state index in [2.05, 4.69) is 236 Å². The molecule has 0 unspecified atom stereocenters. The van der Waals surface area contributed by atoms with E-state index in [1.54, 1.807) is 0 Å². The van der Waals surface area contributed by atoms with Gasteiger partial charge in [-0.15, -0.1) is 0 Å². The highest BCUT2D eigenvalue weighted by Crippen LogP contribution is 2.42. The summed E-state index contributed by atoms with van der Waals surface area (Å²) in [5.41, 5.74) is 14.3. The van der Waals surface area contributed by atoms with Crippen LogP contribution < -0.4 is 0 Å². The SMILES string of the molecule is c1ccc2c(c1)c1ccccc1n2-c1ccc2c(c1)c1ccccc1n2-c1ccc2c(c1)c1cccc3c4ccccc4n4c5ccccc5c5cccc(c6ccccc6n2c31)c54. The molecule has 0 amide bonds. The smallest absolute Gasteiger partial charge is 0.0620 e. The van der Waals surface area contributed by atoms with Gasteiger partial charge in [0.25, 0.3) is 0 Å². The van der Waals surface area contributed by atoms with Gasteiger partial charge in [-0.2, -0.15) is 0 Å². The fourth-order valence-electron chi connectivity index (χ4n) is 11.5. The van der Waals surface area contributed by atoms with E-state index in [9.17, 15) is 0 Å². The molecule has 296 valence electrons. The van der Waals surface area contributed by atoms with Crippen molar-refractivity contribution in [2.75, 3.05) is 0 Å². The summed E-state index contributed by atoms with van der Waals surface area (Å²) in [4.78, 5) is 0. The van der Waals surface area contributed by atoms with Crippen LogP contribution in [0.3, 0.4) is 0 Å². The minimum atomic E-state index is 1.14. The lowest BCUT2D eigenvalue weighted by Crippen LogP contribution is -1.96. The molecule has 5 heterocycles. The van der Waals surface area contributed by atoms with E-state index in [0.717, 1.165) is 11.4 Å². The highest BCUT2D eigenvalue weighted by Gasteiger charge is 2.20. The zero-order valence-corrected chi connectivity index (χ0v) is 34.6. The molecule has 0 N–H and O–H groups in total. The van der Waals surface area contributed by atoms with Gasteiger partial charge < -0.3 is 17.9 Å². The molecule has 4 nitrogen and oxygen atoms in total. The Morgan fingerprint density at radius 2 is 0.438 bits per heavy atom. The van der Waals surface area contributed by atoms with Crippen LogP contribution in [0.4, 0.5) is 0 Å². The Morgan fingerprint density at radius 1 is 0.188 bits per heavy atom. The van der Waals surface area contributed by atoms with Crippen LogP contribution in [0.2, 0.25) is 0 Å². The number of aromatic nitrogens is 4. The molecule has 0 aliphatic carbocycles. The molecule has 10 aromatic carbocycles. The highest BCUT2D eigenvalue weighted by molar-refractivity contribution is 6.25. The first-order valence-corrected chi connectivity index (χ1v) is 22.1. The topological polar surface area (TPSA) is 18.7 Å². The van der Waals surface area contributed by atoms with E-state index in [1.807, 2.05) is 0 Å². The second kappa shape index (κ2) is 12.5. The summed E-state index contributed by atoms with van der Waals surface area (Å²) in [6.07, 6.45) is 0. The normalized spacial score (nSPS) is 12.4. The number of fused-ring (bicyclic) bond motifs is 18. The van der Waals surface area contributed by atoms with Crippen molar-refractivity contribution < 1.29 is 0 Å². The molecule has 0 saturated heterocycles. The van der Waals surface area contributed by atoms with Crippen molar-refractivity contribution in [1.82, 2.24) is 17.9 Å². The van der Waals surface area contributed by atoms with Gasteiger partial charge in [-0.05, 0) is 72.8 Å². The van der Waals surface area contributed by atoms with Crippen LogP contribution in [-0.4, -0.2) is 17.9 Å². The molecule has 0 spiro atoms. The molecule has 5 aromatic heterocycles. The maximum atomic E-state index is 2.54. The summed E-state index contributed by atoms with van der Waals surface area (Å²) in [5, 5.41) is 14.8. The van der Waals surface area contributed by atoms with Crippen molar-refractivity contribution in [3.63, 3.8) is 0 Å². The summed E-state index contributed by atoms with van der Waals surface area (Å²) in [7, 11) is 0. The van der Waals surface area contributed by atoms with Crippen LogP contribution in [0.5, 0.6) is 0 Å². The Labute approximate surface area is 365 Å². The Bertz CT molecular complexity index is 4490. The van der Waals surface area contributed by atoms with Crippen molar-refractivity contribution in [2.45, 2.75) is 0 Å². The minimum Gasteiger partial charge on any atom is -0.309 e. The third-order valence-corrected chi connectivity index (χ3v) is 14.1. The predicted molar refractivity (Wildman–Crippen MR) is 271 cm³/mol. The van der Waals surface area contributed by atoms with Crippen LogP contribution >= 0.6 is 0 Å². The standard InChI is InChI=1S/C60H36N4/c1-7-25-51-39(15-1)40-16-2-8-26-52(40)61(51)37-31-33-57-49(35-37)44-20-6-9-27-53(44)62(57)38-32-34-58-50(36-38)48-24-14-23-47-43-19-4-11-29-55(43)63-54-28-10-3-17-41(54)45-21-13-22-46(59(45)63)42-18-5-12-30-56(42)64(58)60(47)48/h1-36H. The third-order valence-electron chi connectivity index (χ3n) is 14.1. The highest BCUT2D eigenvalue weighted by atomic mass is 15.0. The van der Waals surface area contributed by atoms with Gasteiger partial charge in [0.2, 0.25) is 0 Å². The summed E-state index contributed by atoms with van der Waals surface area (Å²) in [6.45, 7) is 0. The molecule has 15 aromatic rings. The number of para-hydroxylation sites is 8. The van der Waals surface area contributed by atoms with Crippen molar-refractivity contribution >= 4 is 120 Å². The van der Waals surface area contributed by atoms with Crippen LogP contribution in [0.1, 0.15) is 0 Å². The summed E-state index contributed by atoms with van der Waals surface area (Å²) in [6, 6.07) is 81.0. The Balaban J connectivity index is 1.07.